The van der Waals surface area contributed by atoms with Crippen LogP contribution in [-0.2, 0) is 44.6 Å². The Morgan fingerprint density at radius 2 is 1.72 bits per heavy atom. The molecule has 18 heteroatoms. The van der Waals surface area contributed by atoms with E-state index in [4.69, 9.17) is 23.7 Å². The smallest absolute Gasteiger partial charge is 0.411 e. The van der Waals surface area contributed by atoms with E-state index in [1.54, 1.807) is 53.6 Å². The van der Waals surface area contributed by atoms with E-state index >= 15 is 4.39 Å². The number of likely N-dealkylation sites (N-methyl/N-ethyl adjacent to an activating group) is 1. The third-order valence-corrected chi connectivity index (χ3v) is 12.1. The maximum Gasteiger partial charge on any atom is 0.411 e. The van der Waals surface area contributed by atoms with Crippen molar-refractivity contribution >= 4 is 23.6 Å². The van der Waals surface area contributed by atoms with Gasteiger partial charge in [-0.05, 0) is 67.1 Å². The van der Waals surface area contributed by atoms with Crippen molar-refractivity contribution in [2.75, 3.05) is 34.4 Å². The number of nitrogens with zero attached hydrogens (tertiary/aromatic N) is 6. The molecule has 2 fully saturated rings. The van der Waals surface area contributed by atoms with Crippen LogP contribution >= 0.6 is 0 Å². The molecule has 338 valence electrons. The summed E-state index contributed by atoms with van der Waals surface area (Å²) in [6.07, 6.45) is -2.78. The molecule has 2 aliphatic heterocycles. The Morgan fingerprint density at radius 1 is 1.05 bits per heavy atom. The number of ketones is 2. The first kappa shape index (κ1) is 49.2. The van der Waals surface area contributed by atoms with Crippen LogP contribution in [0.3, 0.4) is 0 Å². The number of hydrogen-bond acceptors (Lipinski definition) is 14. The van der Waals surface area contributed by atoms with E-state index in [0.29, 0.717) is 12.1 Å². The zero-order valence-electron chi connectivity index (χ0n) is 37.3. The number of fused-ring (bicyclic) bond motifs is 1. The number of carbonyl (C=O) groups is 4. The molecule has 0 aromatic carbocycles. The van der Waals surface area contributed by atoms with Crippen molar-refractivity contribution in [3.63, 3.8) is 0 Å². The van der Waals surface area contributed by atoms with Crippen molar-refractivity contribution in [3.05, 3.63) is 30.3 Å². The molecule has 2 unspecified atom stereocenters. The predicted molar refractivity (Wildman–Crippen MR) is 218 cm³/mol. The van der Waals surface area contributed by atoms with Gasteiger partial charge in [-0.25, -0.2) is 23.1 Å². The molecule has 0 bridgehead atoms. The van der Waals surface area contributed by atoms with Gasteiger partial charge in [0.1, 0.15) is 36.0 Å². The predicted octanol–water partition coefficient (Wildman–Crippen LogP) is 4.42. The second kappa shape index (κ2) is 20.2. The average Bonchev–Trinajstić information content (AvgIpc) is 3.79. The lowest BCUT2D eigenvalue weighted by Crippen LogP contribution is -2.61. The summed E-state index contributed by atoms with van der Waals surface area (Å²) in [5.74, 6) is -0.857. The number of rotatable bonds is 13. The van der Waals surface area contributed by atoms with Crippen LogP contribution in [0.1, 0.15) is 81.6 Å². The number of carbonyl (C=O) groups excluding carboxylic acids is 4. The number of aliphatic hydroxyl groups excluding tert-OH is 1. The number of alkyl halides is 1. The molecule has 4 heterocycles. The summed E-state index contributed by atoms with van der Waals surface area (Å²) < 4.78 is 62.3. The van der Waals surface area contributed by atoms with Gasteiger partial charge in [0.15, 0.2) is 17.7 Å². The van der Waals surface area contributed by atoms with Gasteiger partial charge in [0.05, 0.1) is 36.2 Å². The van der Waals surface area contributed by atoms with Crippen LogP contribution < -0.4 is 0 Å². The molecule has 2 aliphatic rings. The fourth-order valence-corrected chi connectivity index (χ4v) is 8.78. The van der Waals surface area contributed by atoms with Crippen LogP contribution in [0.25, 0.3) is 11.4 Å². The second-order valence-corrected chi connectivity index (χ2v) is 16.7. The molecule has 2 aromatic heterocycles. The minimum Gasteiger partial charge on any atom is -0.455 e. The molecule has 1 amide bonds. The number of hydrogen-bond donors (Lipinski definition) is 1. The van der Waals surface area contributed by atoms with E-state index in [-0.39, 0.29) is 44.0 Å². The summed E-state index contributed by atoms with van der Waals surface area (Å²) in [6, 6.07) is 0.903. The monoisotopic (exact) mass is 860 g/mol. The normalized spacial score (nSPS) is 31.7. The fourth-order valence-electron chi connectivity index (χ4n) is 8.78. The number of amides is 1. The van der Waals surface area contributed by atoms with Gasteiger partial charge < -0.3 is 33.7 Å². The topological polar surface area (TPSA) is 185 Å². The highest BCUT2D eigenvalue weighted by atomic mass is 19.1. The Kier molecular flexibility index (Phi) is 16.3. The first-order valence-electron chi connectivity index (χ1n) is 20.7. The van der Waals surface area contributed by atoms with Gasteiger partial charge in [-0.3, -0.25) is 19.5 Å². The number of aromatic nitrogens is 4. The summed E-state index contributed by atoms with van der Waals surface area (Å²) in [7, 11) is 4.94. The number of halogens is 2. The molecule has 4 rings (SSSR count). The van der Waals surface area contributed by atoms with Crippen LogP contribution in [0.15, 0.2) is 24.5 Å². The highest BCUT2D eigenvalue weighted by Crippen LogP contribution is 2.43. The van der Waals surface area contributed by atoms with Crippen molar-refractivity contribution in [1.29, 1.82) is 0 Å². The first-order valence-corrected chi connectivity index (χ1v) is 20.7. The summed E-state index contributed by atoms with van der Waals surface area (Å²) >= 11 is 0. The lowest BCUT2D eigenvalue weighted by Gasteiger charge is -2.45. The van der Waals surface area contributed by atoms with E-state index in [2.05, 4.69) is 27.1 Å². The highest BCUT2D eigenvalue weighted by Gasteiger charge is 2.61. The number of ether oxygens (including phenoxy) is 5. The van der Waals surface area contributed by atoms with Crippen molar-refractivity contribution < 1.29 is 56.7 Å². The van der Waals surface area contributed by atoms with E-state index in [1.165, 1.54) is 55.1 Å². The van der Waals surface area contributed by atoms with Crippen LogP contribution in [0.4, 0.5) is 13.6 Å². The van der Waals surface area contributed by atoms with Crippen molar-refractivity contribution in [2.24, 2.45) is 17.8 Å². The summed E-state index contributed by atoms with van der Waals surface area (Å²) in [5, 5.41) is 19.6. The quantitative estimate of drug-likeness (QED) is 0.129. The summed E-state index contributed by atoms with van der Waals surface area (Å²) in [4.78, 5) is 63.8. The number of methoxy groups -OCH3 is 1. The standard InChI is InChI=1S/C43H62F2N6O10/c1-13-31(49(10)11)34(53)38(58-15-3)60-37-27(6)36(54)42(8,45)39(55)59-32(14-2)43(9)35(26(5)33(52)25(4)23-41(37,7)57-12)51(40(56)61-43)21-17-16-20-50-24-30(47-48-50)29-22-28(44)18-19-46-29/h18-19,22,24-27,31-32,34-35,37-38,53H,13-15,20-21,23H2,1-12H3/t25-,26+,27+,31?,32-,34?,35-,37-,38+,41-,42+,43-/m1/s1. The lowest BCUT2D eigenvalue weighted by molar-refractivity contribution is -0.266. The first-order chi connectivity index (χ1) is 28.6. The van der Waals surface area contributed by atoms with Gasteiger partial charge in [0.25, 0.3) is 5.67 Å². The third kappa shape index (κ3) is 10.5. The minimum absolute atomic E-state index is 0.0164. The van der Waals surface area contributed by atoms with Crippen LogP contribution in [0.5, 0.6) is 0 Å². The van der Waals surface area contributed by atoms with Crippen LogP contribution in [0.2, 0.25) is 0 Å². The Bertz CT molecular complexity index is 1940. The van der Waals surface area contributed by atoms with Gasteiger partial charge >= 0.3 is 12.1 Å². The molecular formula is C43H62F2N6O10. The molecule has 2 saturated heterocycles. The number of pyridine rings is 1. The molecule has 0 radical (unpaired) electrons. The zero-order valence-corrected chi connectivity index (χ0v) is 37.3. The number of cyclic esters (lactones) is 1. The molecule has 16 nitrogen and oxygen atoms in total. The maximum absolute atomic E-state index is 16.9. The minimum atomic E-state index is -3.23. The van der Waals surface area contributed by atoms with Crippen molar-refractivity contribution in [2.45, 2.75) is 142 Å². The molecule has 0 saturated carbocycles. The Labute approximate surface area is 356 Å². The molecular weight excluding hydrogens is 799 g/mol. The Morgan fingerprint density at radius 3 is 2.31 bits per heavy atom. The van der Waals surface area contributed by atoms with E-state index < -0.39 is 95.0 Å². The maximum atomic E-state index is 16.9. The molecule has 61 heavy (non-hydrogen) atoms. The highest BCUT2D eigenvalue weighted by molar-refractivity contribution is 6.08. The largest absolute Gasteiger partial charge is 0.455 e. The number of esters is 1. The Hall–Kier alpha value is -4.41. The molecule has 2 aromatic rings. The zero-order chi connectivity index (χ0) is 45.6. The van der Waals surface area contributed by atoms with Crippen LogP contribution in [-0.4, -0.2) is 146 Å². The average molecular weight is 861 g/mol. The van der Waals surface area contributed by atoms with Crippen molar-refractivity contribution in [3.8, 4) is 23.2 Å². The van der Waals surface area contributed by atoms with Gasteiger partial charge in [-0.15, -0.1) is 5.10 Å². The number of Topliss-reactive ketones (excluding diaryl/α,β-unsaturated/α-hetero) is 2. The van der Waals surface area contributed by atoms with Gasteiger partial charge in [-0.1, -0.05) is 51.7 Å². The van der Waals surface area contributed by atoms with Crippen LogP contribution in [0, 0.1) is 35.4 Å². The Balaban J connectivity index is 1.75. The molecule has 0 aliphatic carbocycles. The van der Waals surface area contributed by atoms with Gasteiger partial charge in [-0.2, -0.15) is 0 Å². The van der Waals surface area contributed by atoms with Crippen molar-refractivity contribution in [1.82, 2.24) is 29.8 Å². The van der Waals surface area contributed by atoms with Gasteiger partial charge in [0, 0.05) is 49.8 Å². The molecule has 12 atom stereocenters. The van der Waals surface area contributed by atoms with E-state index in [0.717, 1.165) is 6.92 Å². The lowest BCUT2D eigenvalue weighted by atomic mass is 9.73. The second-order valence-electron chi connectivity index (χ2n) is 16.7. The van der Waals surface area contributed by atoms with E-state index in [9.17, 15) is 28.7 Å². The van der Waals surface area contributed by atoms with E-state index in [1.807, 2.05) is 6.92 Å². The molecule has 0 spiro atoms. The molecule has 1 N–H and O–H groups in total. The summed E-state index contributed by atoms with van der Waals surface area (Å²) in [5.41, 5.74) is -5.85. The van der Waals surface area contributed by atoms with Gasteiger partial charge in [0.2, 0.25) is 0 Å². The summed E-state index contributed by atoms with van der Waals surface area (Å²) in [6.45, 7) is 13.8. The third-order valence-electron chi connectivity index (χ3n) is 12.1. The fraction of sp³-hybridized carbons (Fsp3) is 0.698. The SMILES string of the molecule is CCO[C@@H](O[C@@H]1[C@@H](C)C(=O)[C@](C)(F)C(=O)O[C@H](CC)[C@@]2(C)OC(=O)N(CC#CCn3cc(-c4cc(F)ccn4)nn3)[C@@H]2[C@@H](C)C(=O)[C@H](C)C[C@@]1(C)OC)C(O)C(CC)N(C)C. The number of aliphatic hydroxyl groups is 1.